The molecule has 1 aliphatic carbocycles. The van der Waals surface area contributed by atoms with E-state index in [4.69, 9.17) is 0 Å². The topological polar surface area (TPSA) is 74.6 Å². The van der Waals surface area contributed by atoms with Crippen molar-refractivity contribution in [1.29, 1.82) is 0 Å². The number of carboxylic acids is 1. The van der Waals surface area contributed by atoms with E-state index in [9.17, 15) is 19.8 Å². The largest absolute Gasteiger partial charge is 0.506 e. The zero-order valence-corrected chi connectivity index (χ0v) is 13.4. The number of aliphatic hydroxyl groups excluding tert-OH is 1. The molecule has 0 fully saturated rings. The summed E-state index contributed by atoms with van der Waals surface area (Å²) in [4.78, 5) is 24.2. The highest BCUT2D eigenvalue weighted by Crippen LogP contribution is 2.43. The molecule has 4 nitrogen and oxygen atoms in total. The van der Waals surface area contributed by atoms with Crippen LogP contribution in [0, 0.1) is 5.41 Å². The van der Waals surface area contributed by atoms with Gasteiger partial charge >= 0.3 is 5.97 Å². The van der Waals surface area contributed by atoms with Crippen molar-refractivity contribution >= 4 is 17.5 Å². The van der Waals surface area contributed by atoms with Crippen LogP contribution in [0.5, 0.6) is 0 Å². The molecule has 22 heavy (non-hydrogen) atoms. The molecule has 0 amide bonds. The molecule has 0 unspecified atom stereocenters. The monoisotopic (exact) mass is 302 g/mol. The van der Waals surface area contributed by atoms with Gasteiger partial charge in [0.1, 0.15) is 11.3 Å². The van der Waals surface area contributed by atoms with Crippen molar-refractivity contribution < 1.29 is 19.8 Å². The first kappa shape index (κ1) is 16.3. The van der Waals surface area contributed by atoms with E-state index in [0.717, 1.165) is 6.42 Å². The summed E-state index contributed by atoms with van der Waals surface area (Å²) in [6, 6.07) is 7.00. The first-order valence-corrected chi connectivity index (χ1v) is 7.39. The van der Waals surface area contributed by atoms with Crippen molar-refractivity contribution in [3.63, 3.8) is 0 Å². The highest BCUT2D eigenvalue weighted by Gasteiger charge is 2.46. The van der Waals surface area contributed by atoms with Crippen LogP contribution in [0.25, 0.3) is 5.76 Å². The van der Waals surface area contributed by atoms with Gasteiger partial charge in [-0.2, -0.15) is 0 Å². The molecule has 0 spiro atoms. The molecular formula is C18H22O4. The lowest BCUT2D eigenvalue weighted by atomic mass is 9.65. The maximum Gasteiger partial charge on any atom is 0.343 e. The van der Waals surface area contributed by atoms with Gasteiger partial charge in [0.15, 0.2) is 5.78 Å². The highest BCUT2D eigenvalue weighted by atomic mass is 16.4. The Bertz CT molecular complexity index is 664. The van der Waals surface area contributed by atoms with Gasteiger partial charge in [-0.05, 0) is 30.7 Å². The van der Waals surface area contributed by atoms with Gasteiger partial charge in [-0.1, -0.05) is 45.0 Å². The predicted octanol–water partition coefficient (Wildman–Crippen LogP) is 3.71. The maximum absolute atomic E-state index is 12.8. The highest BCUT2D eigenvalue weighted by molar-refractivity contribution is 6.26. The van der Waals surface area contributed by atoms with Crippen molar-refractivity contribution in [3.05, 3.63) is 41.0 Å². The summed E-state index contributed by atoms with van der Waals surface area (Å²) >= 11 is 0. The summed E-state index contributed by atoms with van der Waals surface area (Å²) in [5.74, 6) is -2.32. The van der Waals surface area contributed by atoms with E-state index in [2.05, 4.69) is 20.8 Å². The van der Waals surface area contributed by atoms with E-state index in [1.165, 1.54) is 0 Å². The molecule has 4 heteroatoms. The summed E-state index contributed by atoms with van der Waals surface area (Å²) in [6.07, 6.45) is 1.31. The zero-order chi connectivity index (χ0) is 16.7. The number of hydrogen-bond acceptors (Lipinski definition) is 3. The Balaban J connectivity index is 2.61. The SMILES string of the molecule is CC(C)(C)CC[C@]1(C)C(=O)C(C(=O)O)=C(O)c2ccccc21. The molecule has 1 aliphatic rings. The van der Waals surface area contributed by atoms with E-state index in [1.807, 2.05) is 0 Å². The van der Waals surface area contributed by atoms with Crippen LogP contribution in [0.15, 0.2) is 29.8 Å². The number of carboxylic acid groups (broad SMARTS) is 1. The fourth-order valence-corrected chi connectivity index (χ4v) is 2.88. The van der Waals surface area contributed by atoms with Crippen LogP contribution in [-0.2, 0) is 15.0 Å². The molecule has 118 valence electrons. The molecule has 2 rings (SSSR count). The number of benzene rings is 1. The van der Waals surface area contributed by atoms with Gasteiger partial charge in [0.05, 0.1) is 5.41 Å². The van der Waals surface area contributed by atoms with Gasteiger partial charge in [-0.15, -0.1) is 0 Å². The third-order valence-corrected chi connectivity index (χ3v) is 4.33. The Morgan fingerprint density at radius 1 is 1.23 bits per heavy atom. The van der Waals surface area contributed by atoms with Crippen molar-refractivity contribution in [1.82, 2.24) is 0 Å². The summed E-state index contributed by atoms with van der Waals surface area (Å²) < 4.78 is 0. The molecule has 0 saturated carbocycles. The molecule has 0 radical (unpaired) electrons. The molecule has 2 N–H and O–H groups in total. The molecule has 1 atom stereocenters. The number of fused-ring (bicyclic) bond motifs is 1. The van der Waals surface area contributed by atoms with Crippen LogP contribution >= 0.6 is 0 Å². The summed E-state index contributed by atoms with van der Waals surface area (Å²) in [5, 5.41) is 19.5. The first-order chi connectivity index (χ1) is 10.1. The third kappa shape index (κ3) is 2.65. The quantitative estimate of drug-likeness (QED) is 0.835. The number of aliphatic carboxylic acids is 1. The number of Topliss-reactive ketones (excluding diaryl/α,β-unsaturated/α-hetero) is 1. The third-order valence-electron chi connectivity index (χ3n) is 4.33. The average Bonchev–Trinajstić information content (AvgIpc) is 2.42. The molecular weight excluding hydrogens is 280 g/mol. The predicted molar refractivity (Wildman–Crippen MR) is 84.7 cm³/mol. The number of hydrogen-bond donors (Lipinski definition) is 2. The zero-order valence-electron chi connectivity index (χ0n) is 13.4. The smallest absolute Gasteiger partial charge is 0.343 e. The standard InChI is InChI=1S/C18H22O4/c1-17(2,3)9-10-18(4)12-8-6-5-7-11(12)14(19)13(15(18)20)16(21)22/h5-8,19H,9-10H2,1-4H3,(H,21,22)/t18-/m0/s1. The molecule has 0 aromatic heterocycles. The normalized spacial score (nSPS) is 21.7. The molecule has 0 bridgehead atoms. The van der Waals surface area contributed by atoms with Crippen molar-refractivity contribution in [3.8, 4) is 0 Å². The lowest BCUT2D eigenvalue weighted by Gasteiger charge is -2.36. The lowest BCUT2D eigenvalue weighted by molar-refractivity contribution is -0.135. The van der Waals surface area contributed by atoms with E-state index >= 15 is 0 Å². The van der Waals surface area contributed by atoms with Crippen LogP contribution in [0.4, 0.5) is 0 Å². The fourth-order valence-electron chi connectivity index (χ4n) is 2.88. The maximum atomic E-state index is 12.8. The van der Waals surface area contributed by atoms with Crippen LogP contribution in [0.3, 0.4) is 0 Å². The summed E-state index contributed by atoms with van der Waals surface area (Å²) in [6.45, 7) is 8.03. The summed E-state index contributed by atoms with van der Waals surface area (Å²) in [7, 11) is 0. The molecule has 0 saturated heterocycles. The van der Waals surface area contributed by atoms with Crippen molar-refractivity contribution in [2.24, 2.45) is 5.41 Å². The van der Waals surface area contributed by atoms with Gasteiger partial charge in [0, 0.05) is 5.56 Å². The van der Waals surface area contributed by atoms with Crippen LogP contribution in [0.2, 0.25) is 0 Å². The minimum atomic E-state index is -1.38. The Hall–Kier alpha value is -2.10. The van der Waals surface area contributed by atoms with E-state index in [1.54, 1.807) is 31.2 Å². The second-order valence-electron chi connectivity index (χ2n) is 7.30. The lowest BCUT2D eigenvalue weighted by Crippen LogP contribution is -2.40. The second kappa shape index (κ2) is 5.27. The van der Waals surface area contributed by atoms with Gasteiger partial charge in [-0.25, -0.2) is 4.79 Å². The number of carbonyl (C=O) groups is 2. The van der Waals surface area contributed by atoms with E-state index < -0.39 is 28.5 Å². The van der Waals surface area contributed by atoms with E-state index in [0.29, 0.717) is 17.5 Å². The minimum absolute atomic E-state index is 0.0326. The van der Waals surface area contributed by atoms with E-state index in [-0.39, 0.29) is 5.41 Å². The Morgan fingerprint density at radius 3 is 2.36 bits per heavy atom. The number of aliphatic hydroxyl groups is 1. The molecule has 0 heterocycles. The Labute approximate surface area is 130 Å². The minimum Gasteiger partial charge on any atom is -0.506 e. The van der Waals surface area contributed by atoms with Gasteiger partial charge < -0.3 is 10.2 Å². The molecule has 1 aromatic rings. The first-order valence-electron chi connectivity index (χ1n) is 7.39. The van der Waals surface area contributed by atoms with Crippen LogP contribution in [0.1, 0.15) is 51.7 Å². The van der Waals surface area contributed by atoms with Gasteiger partial charge in [0.2, 0.25) is 0 Å². The van der Waals surface area contributed by atoms with Crippen LogP contribution < -0.4 is 0 Å². The average molecular weight is 302 g/mol. The van der Waals surface area contributed by atoms with Crippen molar-refractivity contribution in [2.75, 3.05) is 0 Å². The number of carbonyl (C=O) groups excluding carboxylic acids is 1. The van der Waals surface area contributed by atoms with Crippen molar-refractivity contribution in [2.45, 2.75) is 46.0 Å². The number of rotatable bonds is 3. The Morgan fingerprint density at radius 2 is 1.82 bits per heavy atom. The van der Waals surface area contributed by atoms with Gasteiger partial charge in [-0.3, -0.25) is 4.79 Å². The van der Waals surface area contributed by atoms with Crippen LogP contribution in [-0.4, -0.2) is 22.0 Å². The number of ketones is 1. The van der Waals surface area contributed by atoms with Gasteiger partial charge in [0.25, 0.3) is 0 Å². The fraction of sp³-hybridized carbons (Fsp3) is 0.444. The second-order valence-corrected chi connectivity index (χ2v) is 7.30. The Kier molecular flexibility index (Phi) is 3.90. The molecule has 1 aromatic carbocycles. The molecule has 0 aliphatic heterocycles. The summed E-state index contributed by atoms with van der Waals surface area (Å²) in [5.41, 5.74) is -0.257.